The van der Waals surface area contributed by atoms with Crippen LogP contribution in [0.25, 0.3) is 0 Å². The van der Waals surface area contributed by atoms with Crippen LogP contribution in [0.3, 0.4) is 0 Å². The quantitative estimate of drug-likeness (QED) is 0.503. The lowest BCUT2D eigenvalue weighted by molar-refractivity contribution is -0.554. The number of alkyl halides is 17. The Bertz CT molecular complexity index is 576. The van der Waals surface area contributed by atoms with Gasteiger partial charge in [-0.25, -0.2) is 4.39 Å². The minimum absolute atomic E-state index is 1.26. The van der Waals surface area contributed by atoms with Crippen molar-refractivity contribution in [1.82, 2.24) is 0 Å². The molecule has 0 aliphatic carbocycles. The Morgan fingerprint density at radius 3 is 1.17 bits per heavy atom. The van der Waals surface area contributed by atoms with Crippen molar-refractivity contribution in [3.63, 3.8) is 0 Å². The lowest BCUT2D eigenvalue weighted by Gasteiger charge is -2.40. The molecule has 1 N–H and O–H groups in total. The van der Waals surface area contributed by atoms with E-state index in [-0.39, 0.29) is 0 Å². The minimum atomic E-state index is -7.92. The lowest BCUT2D eigenvalue weighted by atomic mass is 10.2. The molecule has 0 amide bonds. The van der Waals surface area contributed by atoms with E-state index in [1.807, 2.05) is 0 Å². The minimum Gasteiger partial charge on any atom is -0.332 e. The molecule has 0 bridgehead atoms. The van der Waals surface area contributed by atoms with Gasteiger partial charge in [-0.3, -0.25) is 9.47 Å². The van der Waals surface area contributed by atoms with Crippen molar-refractivity contribution >= 4 is 0 Å². The Labute approximate surface area is 145 Å². The highest BCUT2D eigenvalue weighted by Crippen LogP contribution is 2.56. The van der Waals surface area contributed by atoms with Gasteiger partial charge in [0.05, 0.1) is 0 Å². The molecule has 0 aliphatic heterocycles. The predicted molar refractivity (Wildman–Crippen MR) is 49.9 cm³/mol. The van der Waals surface area contributed by atoms with Gasteiger partial charge in [-0.15, -0.1) is 0 Å². The van der Waals surface area contributed by atoms with Crippen molar-refractivity contribution in [2.75, 3.05) is 6.67 Å². The summed E-state index contributed by atoms with van der Waals surface area (Å²) in [4.78, 5) is 0. The van der Waals surface area contributed by atoms with Crippen molar-refractivity contribution in [2.24, 2.45) is 0 Å². The normalized spacial score (nSPS) is 19.7. The SMILES string of the molecule is OC(F)(F)C(F)(CF)OC(F)(F)C(F)(OC(F)(F)C(F)(F)C(F)(F)F)C(F)(F)F. The monoisotopic (exact) mass is 482 g/mol. The van der Waals surface area contributed by atoms with Crippen LogP contribution in [0.4, 0.5) is 74.6 Å². The molecule has 0 aromatic rings. The zero-order valence-corrected chi connectivity index (χ0v) is 12.4. The van der Waals surface area contributed by atoms with E-state index in [1.54, 1.807) is 4.74 Å². The lowest BCUT2D eigenvalue weighted by Crippen LogP contribution is -2.67. The fourth-order valence-electron chi connectivity index (χ4n) is 1.13. The predicted octanol–water partition coefficient (Wildman–Crippen LogP) is 4.85. The Morgan fingerprint density at radius 1 is 0.552 bits per heavy atom. The number of halogens is 17. The molecular formula is C9H3F17O3. The van der Waals surface area contributed by atoms with Gasteiger partial charge in [-0.1, -0.05) is 0 Å². The highest BCUT2D eigenvalue weighted by atomic mass is 19.4. The molecule has 0 radical (unpaired) electrons. The molecule has 0 aromatic carbocycles. The summed E-state index contributed by atoms with van der Waals surface area (Å²) < 4.78 is 216. The molecule has 2 atom stereocenters. The Balaban J connectivity index is 6.48. The molecule has 0 aliphatic rings. The molecule has 0 saturated heterocycles. The number of aliphatic hydroxyl groups is 1. The van der Waals surface area contributed by atoms with Gasteiger partial charge in [0.1, 0.15) is 0 Å². The van der Waals surface area contributed by atoms with E-state index in [4.69, 9.17) is 5.11 Å². The van der Waals surface area contributed by atoms with Gasteiger partial charge in [-0.2, -0.15) is 70.2 Å². The fraction of sp³-hybridized carbons (Fsp3) is 1.00. The Kier molecular flexibility index (Phi) is 6.81. The molecule has 0 saturated carbocycles. The van der Waals surface area contributed by atoms with Gasteiger partial charge in [-0.05, 0) is 0 Å². The Morgan fingerprint density at radius 2 is 0.931 bits per heavy atom. The van der Waals surface area contributed by atoms with E-state index in [9.17, 15) is 74.6 Å². The average molecular weight is 482 g/mol. The average Bonchev–Trinajstić information content (AvgIpc) is 2.42. The van der Waals surface area contributed by atoms with E-state index in [0.29, 0.717) is 0 Å². The standard InChI is InChI=1S/C9H3F17O3/c10-1-2(11,7(21,22)27)28-9(25,26)4(14,6(18,19)20)29-8(23,24)3(12,13)5(15,16)17/h27H,1H2. The second kappa shape index (κ2) is 7.13. The largest absolute Gasteiger partial charge is 0.462 e. The maximum atomic E-state index is 13.5. The van der Waals surface area contributed by atoms with Crippen molar-refractivity contribution in [3.8, 4) is 0 Å². The van der Waals surface area contributed by atoms with Crippen molar-refractivity contribution < 1.29 is 89.2 Å². The number of rotatable bonds is 8. The molecule has 176 valence electrons. The van der Waals surface area contributed by atoms with Gasteiger partial charge < -0.3 is 5.11 Å². The van der Waals surface area contributed by atoms with Gasteiger partial charge in [0.15, 0.2) is 6.67 Å². The van der Waals surface area contributed by atoms with E-state index in [2.05, 4.69) is 0 Å². The molecule has 0 aromatic heterocycles. The van der Waals surface area contributed by atoms with Gasteiger partial charge in [0, 0.05) is 0 Å². The zero-order valence-electron chi connectivity index (χ0n) is 12.4. The first-order valence-corrected chi connectivity index (χ1v) is 5.93. The fourth-order valence-corrected chi connectivity index (χ4v) is 1.13. The van der Waals surface area contributed by atoms with Crippen LogP contribution < -0.4 is 0 Å². The third kappa shape index (κ3) is 4.72. The van der Waals surface area contributed by atoms with Gasteiger partial charge in [0.2, 0.25) is 0 Å². The van der Waals surface area contributed by atoms with Crippen LogP contribution in [0.5, 0.6) is 0 Å². The van der Waals surface area contributed by atoms with E-state index < -0.39 is 55.0 Å². The molecule has 20 heteroatoms. The summed E-state index contributed by atoms with van der Waals surface area (Å²) in [6, 6.07) is 0. The first-order chi connectivity index (χ1) is 12.2. The number of ether oxygens (including phenoxy) is 2. The Hall–Kier alpha value is -1.31. The summed E-state index contributed by atoms with van der Waals surface area (Å²) in [5.74, 6) is -22.1. The first-order valence-electron chi connectivity index (χ1n) is 5.93. The van der Waals surface area contributed by atoms with Crippen molar-refractivity contribution in [2.45, 2.75) is 48.3 Å². The first kappa shape index (κ1) is 27.7. The van der Waals surface area contributed by atoms with E-state index in [0.717, 1.165) is 0 Å². The summed E-state index contributed by atoms with van der Waals surface area (Å²) >= 11 is 0. The van der Waals surface area contributed by atoms with Crippen LogP contribution in [0.2, 0.25) is 0 Å². The van der Waals surface area contributed by atoms with E-state index >= 15 is 0 Å². The maximum Gasteiger partial charge on any atom is 0.462 e. The molecule has 3 nitrogen and oxygen atoms in total. The second-order valence-electron chi connectivity index (χ2n) is 4.81. The molecule has 29 heavy (non-hydrogen) atoms. The van der Waals surface area contributed by atoms with Crippen molar-refractivity contribution in [3.05, 3.63) is 0 Å². The molecule has 0 heterocycles. The summed E-state index contributed by atoms with van der Waals surface area (Å²) in [6.45, 7) is -3.74. The molecule has 0 rings (SSSR count). The smallest absolute Gasteiger partial charge is 0.332 e. The van der Waals surface area contributed by atoms with Gasteiger partial charge in [0.25, 0.3) is 0 Å². The summed E-state index contributed by atoms with van der Waals surface area (Å²) in [5, 5.41) is 7.77. The third-order valence-electron chi connectivity index (χ3n) is 2.64. The van der Waals surface area contributed by atoms with Crippen LogP contribution in [0.15, 0.2) is 0 Å². The van der Waals surface area contributed by atoms with Crippen LogP contribution in [0.1, 0.15) is 0 Å². The summed E-state index contributed by atoms with van der Waals surface area (Å²) in [7, 11) is 0. The van der Waals surface area contributed by atoms with Crippen LogP contribution in [0, 0.1) is 0 Å². The summed E-state index contributed by atoms with van der Waals surface area (Å²) in [5.41, 5.74) is 0. The van der Waals surface area contributed by atoms with E-state index in [1.165, 1.54) is 4.74 Å². The van der Waals surface area contributed by atoms with Crippen molar-refractivity contribution in [1.29, 1.82) is 0 Å². The molecule has 0 spiro atoms. The topological polar surface area (TPSA) is 38.7 Å². The van der Waals surface area contributed by atoms with Crippen LogP contribution in [-0.2, 0) is 9.47 Å². The third-order valence-corrected chi connectivity index (χ3v) is 2.64. The molecule has 0 fully saturated rings. The summed E-state index contributed by atoms with van der Waals surface area (Å²) in [6.07, 6.45) is -37.5. The second-order valence-corrected chi connectivity index (χ2v) is 4.81. The van der Waals surface area contributed by atoms with Gasteiger partial charge >= 0.3 is 48.3 Å². The number of hydrogen-bond acceptors (Lipinski definition) is 3. The van der Waals surface area contributed by atoms with Crippen LogP contribution >= 0.6 is 0 Å². The maximum absolute atomic E-state index is 13.5. The molecular weight excluding hydrogens is 479 g/mol. The van der Waals surface area contributed by atoms with Crippen LogP contribution in [-0.4, -0.2) is 60.1 Å². The number of hydrogen-bond donors (Lipinski definition) is 1. The highest BCUT2D eigenvalue weighted by Gasteiger charge is 2.84. The molecule has 2 unspecified atom stereocenters. The highest BCUT2D eigenvalue weighted by molar-refractivity contribution is 4.94. The zero-order chi connectivity index (χ0) is 24.1.